The van der Waals surface area contributed by atoms with Gasteiger partial charge in [0.25, 0.3) is 5.91 Å². The van der Waals surface area contributed by atoms with E-state index in [9.17, 15) is 4.79 Å². The molecule has 0 bridgehead atoms. The molecule has 4 rings (SSSR count). The molecule has 1 aliphatic rings. The molecule has 6 heteroatoms. The predicted octanol–water partition coefficient (Wildman–Crippen LogP) is 5.30. The molecule has 1 N–H and O–H groups in total. The molecule has 0 atom stereocenters. The van der Waals surface area contributed by atoms with Crippen molar-refractivity contribution in [2.75, 3.05) is 20.8 Å². The molecule has 0 unspecified atom stereocenters. The topological polar surface area (TPSA) is 60.5 Å². The number of nitrogens with zero attached hydrogens (tertiary/aromatic N) is 1. The van der Waals surface area contributed by atoms with Gasteiger partial charge in [-0.25, -0.2) is 4.98 Å². The maximum atomic E-state index is 12.9. The highest BCUT2D eigenvalue weighted by atomic mass is 32.1. The fourth-order valence-corrected chi connectivity index (χ4v) is 5.43. The van der Waals surface area contributed by atoms with E-state index < -0.39 is 0 Å². The zero-order chi connectivity index (χ0) is 22.6. The second-order valence-electron chi connectivity index (χ2n) is 8.53. The van der Waals surface area contributed by atoms with Gasteiger partial charge < -0.3 is 14.8 Å². The molecule has 0 spiro atoms. The highest BCUT2D eigenvalue weighted by Crippen LogP contribution is 2.43. The quantitative estimate of drug-likeness (QED) is 0.506. The number of ether oxygens (including phenoxy) is 2. The summed E-state index contributed by atoms with van der Waals surface area (Å²) in [6.45, 7) is 2.67. The van der Waals surface area contributed by atoms with Crippen LogP contribution in [0.2, 0.25) is 0 Å². The summed E-state index contributed by atoms with van der Waals surface area (Å²) < 4.78 is 10.9. The van der Waals surface area contributed by atoms with E-state index in [1.807, 2.05) is 11.4 Å². The molecule has 168 valence electrons. The molecule has 0 saturated heterocycles. The molecule has 3 aromatic rings. The van der Waals surface area contributed by atoms with Crippen LogP contribution in [-0.2, 0) is 11.8 Å². The fraction of sp³-hybridized carbons (Fsp3) is 0.385. The van der Waals surface area contributed by atoms with Gasteiger partial charge in [0.15, 0.2) is 11.5 Å². The number of benzene rings is 2. The smallest absolute Gasteiger partial charge is 0.270 e. The minimum Gasteiger partial charge on any atom is -0.493 e. The maximum Gasteiger partial charge on any atom is 0.270 e. The van der Waals surface area contributed by atoms with Crippen LogP contribution in [0.1, 0.15) is 57.9 Å². The van der Waals surface area contributed by atoms with Crippen molar-refractivity contribution in [1.29, 1.82) is 0 Å². The lowest BCUT2D eigenvalue weighted by atomic mass is 9.78. The van der Waals surface area contributed by atoms with Crippen LogP contribution in [0.3, 0.4) is 0 Å². The summed E-state index contributed by atoms with van der Waals surface area (Å²) in [6, 6.07) is 14.5. The molecule has 1 saturated carbocycles. The predicted molar refractivity (Wildman–Crippen MR) is 128 cm³/mol. The van der Waals surface area contributed by atoms with Gasteiger partial charge in [-0.1, -0.05) is 48.7 Å². The largest absolute Gasteiger partial charge is 0.493 e. The third-order valence-electron chi connectivity index (χ3n) is 6.37. The molecule has 5 nitrogen and oxygen atoms in total. The summed E-state index contributed by atoms with van der Waals surface area (Å²) in [5, 5.41) is 5.98. The van der Waals surface area contributed by atoms with Crippen molar-refractivity contribution in [3.05, 3.63) is 75.2 Å². The van der Waals surface area contributed by atoms with E-state index in [2.05, 4.69) is 53.6 Å². The molecule has 1 amide bonds. The van der Waals surface area contributed by atoms with Crippen LogP contribution < -0.4 is 14.8 Å². The Morgan fingerprint density at radius 1 is 1.09 bits per heavy atom. The molecular formula is C26H30N2O3S. The van der Waals surface area contributed by atoms with Crippen molar-refractivity contribution in [2.24, 2.45) is 0 Å². The van der Waals surface area contributed by atoms with Gasteiger partial charge in [0.2, 0.25) is 0 Å². The number of hydrogen-bond acceptors (Lipinski definition) is 5. The number of carbonyl (C=O) groups is 1. The molecule has 1 heterocycles. The van der Waals surface area contributed by atoms with Gasteiger partial charge in [0.05, 0.1) is 19.2 Å². The summed E-state index contributed by atoms with van der Waals surface area (Å²) in [7, 11) is 3.30. The number of rotatable bonds is 8. The van der Waals surface area contributed by atoms with Crippen molar-refractivity contribution in [3.8, 4) is 11.5 Å². The first-order chi connectivity index (χ1) is 15.5. The Kier molecular flexibility index (Phi) is 6.80. The molecule has 2 aromatic carbocycles. The molecule has 0 radical (unpaired) electrons. The highest BCUT2D eigenvalue weighted by Gasteiger charge is 2.36. The number of nitrogens with one attached hydrogen (secondary N) is 1. The Labute approximate surface area is 193 Å². The summed E-state index contributed by atoms with van der Waals surface area (Å²) in [5.74, 6) is 1.34. The standard InChI is InChI=1S/C26H30N2O3S/c1-18-7-6-8-19(13-18)14-24-28-21(16-32-24)25(29)27-17-26(11-4-5-12-26)20-9-10-22(30-2)23(15-20)31-3/h6-10,13,15-16H,4-5,11-12,14,17H2,1-3H3,(H,27,29). The van der Waals surface area contributed by atoms with Crippen LogP contribution >= 0.6 is 11.3 Å². The van der Waals surface area contributed by atoms with E-state index in [1.165, 1.54) is 28.0 Å². The zero-order valence-electron chi connectivity index (χ0n) is 18.9. The lowest BCUT2D eigenvalue weighted by Gasteiger charge is -2.30. The minimum atomic E-state index is -0.108. The van der Waals surface area contributed by atoms with Gasteiger partial charge in [0.1, 0.15) is 5.69 Å². The summed E-state index contributed by atoms with van der Waals surface area (Å²) in [6.07, 6.45) is 5.13. The van der Waals surface area contributed by atoms with E-state index in [0.717, 1.165) is 48.6 Å². The van der Waals surface area contributed by atoms with Gasteiger partial charge in [0, 0.05) is 23.8 Å². The Hall–Kier alpha value is -2.86. The SMILES string of the molecule is COc1ccc(C2(CNC(=O)c3csc(Cc4cccc(C)c4)n3)CCCC2)cc1OC. The van der Waals surface area contributed by atoms with Gasteiger partial charge >= 0.3 is 0 Å². The number of carbonyl (C=O) groups excluding carboxylic acids is 1. The van der Waals surface area contributed by atoms with E-state index in [-0.39, 0.29) is 11.3 Å². The van der Waals surface area contributed by atoms with Crippen LogP contribution in [-0.4, -0.2) is 31.7 Å². The van der Waals surface area contributed by atoms with Gasteiger partial charge in [-0.2, -0.15) is 0 Å². The summed E-state index contributed by atoms with van der Waals surface area (Å²) in [5.41, 5.74) is 4.04. The van der Waals surface area contributed by atoms with Crippen molar-refractivity contribution < 1.29 is 14.3 Å². The van der Waals surface area contributed by atoms with Crippen LogP contribution in [0.4, 0.5) is 0 Å². The fourth-order valence-electron chi connectivity index (χ4n) is 4.62. The molecule has 1 aliphatic carbocycles. The number of hydrogen-bond donors (Lipinski definition) is 1. The van der Waals surface area contributed by atoms with Crippen LogP contribution in [0, 0.1) is 6.92 Å². The number of methoxy groups -OCH3 is 2. The van der Waals surface area contributed by atoms with Crippen molar-refractivity contribution in [3.63, 3.8) is 0 Å². The molecule has 1 fully saturated rings. The van der Waals surface area contributed by atoms with Crippen LogP contribution in [0.5, 0.6) is 11.5 Å². The number of amides is 1. The van der Waals surface area contributed by atoms with E-state index in [4.69, 9.17) is 9.47 Å². The van der Waals surface area contributed by atoms with Crippen LogP contribution in [0.25, 0.3) is 0 Å². The van der Waals surface area contributed by atoms with Crippen molar-refractivity contribution in [1.82, 2.24) is 10.3 Å². The van der Waals surface area contributed by atoms with Gasteiger partial charge in [-0.15, -0.1) is 11.3 Å². The third-order valence-corrected chi connectivity index (χ3v) is 7.21. The Morgan fingerprint density at radius 3 is 2.59 bits per heavy atom. The lowest BCUT2D eigenvalue weighted by molar-refractivity contribution is 0.0938. The zero-order valence-corrected chi connectivity index (χ0v) is 19.8. The first kappa shape index (κ1) is 22.3. The average Bonchev–Trinajstić information content (AvgIpc) is 3.47. The number of aromatic nitrogens is 1. The Balaban J connectivity index is 1.45. The first-order valence-corrected chi connectivity index (χ1v) is 11.9. The van der Waals surface area contributed by atoms with Gasteiger partial charge in [-0.3, -0.25) is 4.79 Å². The Bertz CT molecular complexity index is 1090. The maximum absolute atomic E-state index is 12.9. The normalized spacial score (nSPS) is 14.8. The van der Waals surface area contributed by atoms with E-state index in [0.29, 0.717) is 12.2 Å². The van der Waals surface area contributed by atoms with Crippen LogP contribution in [0.15, 0.2) is 47.8 Å². The molecule has 32 heavy (non-hydrogen) atoms. The van der Waals surface area contributed by atoms with Gasteiger partial charge in [-0.05, 0) is 43.0 Å². The second-order valence-corrected chi connectivity index (χ2v) is 9.47. The lowest BCUT2D eigenvalue weighted by Crippen LogP contribution is -2.39. The van der Waals surface area contributed by atoms with Crippen molar-refractivity contribution in [2.45, 2.75) is 44.4 Å². The monoisotopic (exact) mass is 450 g/mol. The highest BCUT2D eigenvalue weighted by molar-refractivity contribution is 7.09. The second kappa shape index (κ2) is 9.74. The molecule has 1 aromatic heterocycles. The minimum absolute atomic E-state index is 0.0877. The molecular weight excluding hydrogens is 420 g/mol. The third kappa shape index (κ3) is 4.80. The average molecular weight is 451 g/mol. The number of thiazole rings is 1. The van der Waals surface area contributed by atoms with E-state index in [1.54, 1.807) is 14.2 Å². The summed E-state index contributed by atoms with van der Waals surface area (Å²) in [4.78, 5) is 17.5. The first-order valence-electron chi connectivity index (χ1n) is 11.0. The molecule has 0 aliphatic heterocycles. The van der Waals surface area contributed by atoms with Crippen molar-refractivity contribution >= 4 is 17.2 Å². The van der Waals surface area contributed by atoms with E-state index >= 15 is 0 Å². The number of aryl methyl sites for hydroxylation is 1. The summed E-state index contributed by atoms with van der Waals surface area (Å²) >= 11 is 1.54. The Morgan fingerprint density at radius 2 is 1.88 bits per heavy atom.